The van der Waals surface area contributed by atoms with Crippen molar-refractivity contribution in [3.63, 3.8) is 0 Å². The van der Waals surface area contributed by atoms with Gasteiger partial charge in [-0.1, -0.05) is 69.6 Å². The van der Waals surface area contributed by atoms with Crippen molar-refractivity contribution < 1.29 is 14.6 Å². The zero-order valence-corrected chi connectivity index (χ0v) is 19.0. The summed E-state index contributed by atoms with van der Waals surface area (Å²) in [5.41, 5.74) is 6.37. The van der Waals surface area contributed by atoms with Gasteiger partial charge in [0, 0.05) is 6.42 Å². The van der Waals surface area contributed by atoms with Crippen molar-refractivity contribution in [1.29, 1.82) is 0 Å². The molecule has 0 bridgehead atoms. The number of rotatable bonds is 19. The zero-order chi connectivity index (χ0) is 21.9. The van der Waals surface area contributed by atoms with Gasteiger partial charge in [0.15, 0.2) is 11.5 Å². The van der Waals surface area contributed by atoms with Gasteiger partial charge in [-0.05, 0) is 62.6 Å². The van der Waals surface area contributed by atoms with Crippen LogP contribution in [0.4, 0.5) is 0 Å². The van der Waals surface area contributed by atoms with E-state index in [1.54, 1.807) is 13.2 Å². The first kappa shape index (κ1) is 26.1. The largest absolute Gasteiger partial charge is 0.504 e. The Labute approximate surface area is 183 Å². The summed E-state index contributed by atoms with van der Waals surface area (Å²) in [5.74, 6) is 0.605. The lowest BCUT2D eigenvalue weighted by atomic mass is 10.0. The molecule has 0 radical (unpaired) electrons. The van der Waals surface area contributed by atoms with E-state index in [9.17, 15) is 9.90 Å². The van der Waals surface area contributed by atoms with Crippen molar-refractivity contribution in [2.24, 2.45) is 5.73 Å². The van der Waals surface area contributed by atoms with E-state index in [1.165, 1.54) is 82.6 Å². The van der Waals surface area contributed by atoms with E-state index < -0.39 is 0 Å². The Hall–Kier alpha value is -1.97. The number of hydrogen-bond donors (Lipinski definition) is 2. The lowest BCUT2D eigenvalue weighted by molar-refractivity contribution is -0.118. The molecule has 0 unspecified atom stereocenters. The maximum Gasteiger partial charge on any atom is 0.217 e. The number of carbonyl (C=O) groups excluding carboxylic acids is 1. The monoisotopic (exact) mass is 417 g/mol. The summed E-state index contributed by atoms with van der Waals surface area (Å²) in [4.78, 5) is 10.6. The summed E-state index contributed by atoms with van der Waals surface area (Å²) in [6.07, 6.45) is 23.5. The molecule has 0 heterocycles. The quantitative estimate of drug-likeness (QED) is 0.191. The third-order valence-electron chi connectivity index (χ3n) is 5.54. The number of unbranched alkanes of at least 4 members (excludes halogenated alkanes) is 12. The fourth-order valence-electron chi connectivity index (χ4n) is 3.68. The fraction of sp³-hybridized carbons (Fsp3) is 0.654. The van der Waals surface area contributed by atoms with Crippen LogP contribution in [0.2, 0.25) is 0 Å². The number of phenolic OH excluding ortho intramolecular Hbond substituents is 1. The Morgan fingerprint density at radius 3 is 1.97 bits per heavy atom. The predicted molar refractivity (Wildman–Crippen MR) is 126 cm³/mol. The molecule has 0 saturated heterocycles. The average Bonchev–Trinajstić information content (AvgIpc) is 2.73. The molecule has 0 aromatic heterocycles. The van der Waals surface area contributed by atoms with Crippen molar-refractivity contribution in [3.05, 3.63) is 35.9 Å². The lowest BCUT2D eigenvalue weighted by Gasteiger charge is -2.06. The molecule has 1 rings (SSSR count). The van der Waals surface area contributed by atoms with Crippen LogP contribution in [0.5, 0.6) is 11.5 Å². The number of hydrogen-bond acceptors (Lipinski definition) is 3. The number of benzene rings is 1. The third kappa shape index (κ3) is 14.1. The molecule has 3 N–H and O–H groups in total. The van der Waals surface area contributed by atoms with E-state index in [0.717, 1.165) is 19.3 Å². The van der Waals surface area contributed by atoms with E-state index in [2.05, 4.69) is 12.2 Å². The smallest absolute Gasteiger partial charge is 0.217 e. The van der Waals surface area contributed by atoms with Crippen LogP contribution < -0.4 is 10.5 Å². The molecule has 1 aromatic rings. The van der Waals surface area contributed by atoms with Crippen molar-refractivity contribution in [2.45, 2.75) is 103 Å². The Balaban J connectivity index is 1.84. The Bertz CT molecular complexity index is 598. The van der Waals surface area contributed by atoms with E-state index >= 15 is 0 Å². The molecular formula is C26H43NO3. The molecule has 4 heteroatoms. The molecule has 1 amide bonds. The van der Waals surface area contributed by atoms with Crippen molar-refractivity contribution in [2.75, 3.05) is 7.11 Å². The first-order valence-corrected chi connectivity index (χ1v) is 11.9. The third-order valence-corrected chi connectivity index (χ3v) is 5.54. The van der Waals surface area contributed by atoms with Gasteiger partial charge in [0.05, 0.1) is 7.11 Å². The minimum absolute atomic E-state index is 0.176. The maximum absolute atomic E-state index is 10.6. The molecule has 0 saturated carbocycles. The molecule has 30 heavy (non-hydrogen) atoms. The molecule has 4 nitrogen and oxygen atoms in total. The number of primary amides is 1. The first-order valence-electron chi connectivity index (χ1n) is 11.9. The highest BCUT2D eigenvalue weighted by molar-refractivity contribution is 5.73. The van der Waals surface area contributed by atoms with E-state index in [0.29, 0.717) is 12.2 Å². The van der Waals surface area contributed by atoms with E-state index in [1.807, 2.05) is 12.1 Å². The molecule has 0 aliphatic heterocycles. The van der Waals surface area contributed by atoms with Gasteiger partial charge in [0.1, 0.15) is 0 Å². The summed E-state index contributed by atoms with van der Waals surface area (Å²) in [6, 6.07) is 5.64. The van der Waals surface area contributed by atoms with Gasteiger partial charge in [-0.25, -0.2) is 0 Å². The average molecular weight is 418 g/mol. The zero-order valence-electron chi connectivity index (χ0n) is 19.0. The minimum Gasteiger partial charge on any atom is -0.504 e. The summed E-state index contributed by atoms with van der Waals surface area (Å²) < 4.78 is 5.16. The standard InChI is InChI=1S/C26H43NO3/c1-30-25-22-23(20-21-24(25)28)18-16-14-12-10-8-6-4-2-3-5-7-9-11-13-15-17-19-26(27)29/h3,5,20-22,28H,2,4,6-19H2,1H3,(H2,27,29). The van der Waals surface area contributed by atoms with Crippen LogP contribution in [-0.2, 0) is 11.2 Å². The fourth-order valence-corrected chi connectivity index (χ4v) is 3.68. The van der Waals surface area contributed by atoms with Gasteiger partial charge < -0.3 is 15.6 Å². The number of aromatic hydroxyl groups is 1. The van der Waals surface area contributed by atoms with Crippen LogP contribution in [0.3, 0.4) is 0 Å². The van der Waals surface area contributed by atoms with Crippen LogP contribution in [-0.4, -0.2) is 18.1 Å². The first-order chi connectivity index (χ1) is 14.6. The molecule has 1 aromatic carbocycles. The van der Waals surface area contributed by atoms with Crippen LogP contribution in [0.25, 0.3) is 0 Å². The molecule has 0 fully saturated rings. The number of allylic oxidation sites excluding steroid dienone is 2. The van der Waals surface area contributed by atoms with Gasteiger partial charge in [-0.15, -0.1) is 0 Å². The number of amides is 1. The topological polar surface area (TPSA) is 72.5 Å². The molecule has 0 aliphatic rings. The Kier molecular flexibility index (Phi) is 15.5. The summed E-state index contributed by atoms with van der Waals surface area (Å²) in [5, 5.41) is 9.63. The SMILES string of the molecule is COc1cc(CCCCCCCCCC=CCCCCCCCC(N)=O)ccc1O. The second-order valence-electron chi connectivity index (χ2n) is 8.26. The molecule has 0 spiro atoms. The normalized spacial score (nSPS) is 11.2. The second-order valence-corrected chi connectivity index (χ2v) is 8.26. The van der Waals surface area contributed by atoms with Crippen molar-refractivity contribution in [3.8, 4) is 11.5 Å². The van der Waals surface area contributed by atoms with Crippen molar-refractivity contribution in [1.82, 2.24) is 0 Å². The van der Waals surface area contributed by atoms with Crippen LogP contribution in [0, 0.1) is 0 Å². The van der Waals surface area contributed by atoms with E-state index in [4.69, 9.17) is 10.5 Å². The molecule has 0 aliphatic carbocycles. The minimum atomic E-state index is -0.176. The lowest BCUT2D eigenvalue weighted by Crippen LogP contribution is -2.09. The highest BCUT2D eigenvalue weighted by Crippen LogP contribution is 2.27. The van der Waals surface area contributed by atoms with Gasteiger partial charge >= 0.3 is 0 Å². The number of ether oxygens (including phenoxy) is 1. The maximum atomic E-state index is 10.6. The van der Waals surface area contributed by atoms with Crippen LogP contribution >= 0.6 is 0 Å². The van der Waals surface area contributed by atoms with Gasteiger partial charge in [-0.2, -0.15) is 0 Å². The number of phenols is 1. The highest BCUT2D eigenvalue weighted by Gasteiger charge is 2.02. The predicted octanol–water partition coefficient (Wildman–Crippen LogP) is 6.84. The number of nitrogens with two attached hydrogens (primary N) is 1. The van der Waals surface area contributed by atoms with Crippen LogP contribution in [0.1, 0.15) is 102 Å². The molecular weight excluding hydrogens is 374 g/mol. The van der Waals surface area contributed by atoms with Gasteiger partial charge in [0.2, 0.25) is 5.91 Å². The van der Waals surface area contributed by atoms with Gasteiger partial charge in [-0.3, -0.25) is 4.79 Å². The number of methoxy groups -OCH3 is 1. The Morgan fingerprint density at radius 1 is 0.867 bits per heavy atom. The van der Waals surface area contributed by atoms with Crippen molar-refractivity contribution >= 4 is 5.91 Å². The summed E-state index contributed by atoms with van der Waals surface area (Å²) >= 11 is 0. The van der Waals surface area contributed by atoms with E-state index in [-0.39, 0.29) is 11.7 Å². The summed E-state index contributed by atoms with van der Waals surface area (Å²) in [6.45, 7) is 0. The van der Waals surface area contributed by atoms with Crippen LogP contribution in [0.15, 0.2) is 30.4 Å². The highest BCUT2D eigenvalue weighted by atomic mass is 16.5. The Morgan fingerprint density at radius 2 is 1.40 bits per heavy atom. The number of carbonyl (C=O) groups is 1. The molecule has 170 valence electrons. The second kappa shape index (κ2) is 17.9. The van der Waals surface area contributed by atoms with Gasteiger partial charge in [0.25, 0.3) is 0 Å². The number of aryl methyl sites for hydroxylation is 1. The molecule has 0 atom stereocenters. The summed E-state index contributed by atoms with van der Waals surface area (Å²) in [7, 11) is 1.59.